The summed E-state index contributed by atoms with van der Waals surface area (Å²) in [7, 11) is 2.18. The number of nitrogens with zero attached hydrogens (tertiary/aromatic N) is 3. The van der Waals surface area contributed by atoms with E-state index in [0.717, 1.165) is 40.1 Å². The molecule has 4 rings (SSSR count). The molecule has 33 heavy (non-hydrogen) atoms. The average Bonchev–Trinajstić information content (AvgIpc) is 3.65. The minimum Gasteiger partial charge on any atom is -0.357 e. The normalized spacial score (nSPS) is 17.1. The van der Waals surface area contributed by atoms with Crippen LogP contribution < -0.4 is 10.2 Å². The van der Waals surface area contributed by atoms with E-state index in [-0.39, 0.29) is 11.3 Å². The first-order valence-corrected chi connectivity index (χ1v) is 13.4. The van der Waals surface area contributed by atoms with Gasteiger partial charge in [0, 0.05) is 42.4 Å². The SMILES string of the molecule is CN(c1cc(C(C)(C)C)nc(SCc2cccc(C(=O)NCC3CC3)c2)n1)C1CCCCC1. The molecule has 1 amide bonds. The van der Waals surface area contributed by atoms with Gasteiger partial charge in [0.15, 0.2) is 5.16 Å². The molecular weight excluding hydrogens is 428 g/mol. The van der Waals surface area contributed by atoms with Crippen LogP contribution in [-0.4, -0.2) is 35.5 Å². The fourth-order valence-electron chi connectivity index (χ4n) is 4.31. The molecule has 6 heteroatoms. The number of hydrogen-bond acceptors (Lipinski definition) is 5. The van der Waals surface area contributed by atoms with Crippen LogP contribution in [0.5, 0.6) is 0 Å². The van der Waals surface area contributed by atoms with E-state index in [0.29, 0.717) is 12.0 Å². The Morgan fingerprint density at radius 1 is 1.09 bits per heavy atom. The number of rotatable bonds is 8. The number of aromatic nitrogens is 2. The predicted molar refractivity (Wildman–Crippen MR) is 137 cm³/mol. The Balaban J connectivity index is 1.47. The molecule has 1 heterocycles. The van der Waals surface area contributed by atoms with Gasteiger partial charge in [0.2, 0.25) is 0 Å². The number of nitrogens with one attached hydrogen (secondary N) is 1. The highest BCUT2D eigenvalue weighted by molar-refractivity contribution is 7.98. The summed E-state index contributed by atoms with van der Waals surface area (Å²) in [5.41, 5.74) is 2.88. The zero-order valence-electron chi connectivity index (χ0n) is 20.6. The molecule has 0 atom stereocenters. The number of amides is 1. The molecule has 5 nitrogen and oxygen atoms in total. The minimum absolute atomic E-state index is 0.0242. The smallest absolute Gasteiger partial charge is 0.251 e. The third-order valence-electron chi connectivity index (χ3n) is 6.75. The molecule has 2 aliphatic carbocycles. The van der Waals surface area contributed by atoms with E-state index in [1.807, 2.05) is 18.2 Å². The lowest BCUT2D eigenvalue weighted by Crippen LogP contribution is -2.34. The van der Waals surface area contributed by atoms with Crippen molar-refractivity contribution in [2.45, 2.75) is 88.1 Å². The maximum Gasteiger partial charge on any atom is 0.251 e. The molecule has 2 aliphatic rings. The van der Waals surface area contributed by atoms with Crippen LogP contribution in [0.2, 0.25) is 0 Å². The van der Waals surface area contributed by atoms with Crippen molar-refractivity contribution < 1.29 is 4.79 Å². The molecule has 0 bridgehead atoms. The number of hydrogen-bond donors (Lipinski definition) is 1. The number of carbonyl (C=O) groups is 1. The minimum atomic E-state index is -0.0417. The molecule has 1 N–H and O–H groups in total. The van der Waals surface area contributed by atoms with E-state index in [9.17, 15) is 4.79 Å². The van der Waals surface area contributed by atoms with Gasteiger partial charge in [0.05, 0.1) is 5.69 Å². The number of anilines is 1. The molecule has 0 aliphatic heterocycles. The maximum atomic E-state index is 12.5. The largest absolute Gasteiger partial charge is 0.357 e. The van der Waals surface area contributed by atoms with Crippen LogP contribution in [-0.2, 0) is 11.2 Å². The summed E-state index contributed by atoms with van der Waals surface area (Å²) >= 11 is 1.65. The van der Waals surface area contributed by atoms with Crippen LogP contribution in [0, 0.1) is 5.92 Å². The van der Waals surface area contributed by atoms with Gasteiger partial charge in [-0.1, -0.05) is 63.9 Å². The van der Waals surface area contributed by atoms with E-state index >= 15 is 0 Å². The molecule has 2 fully saturated rings. The van der Waals surface area contributed by atoms with Crippen molar-refractivity contribution in [3.8, 4) is 0 Å². The van der Waals surface area contributed by atoms with Gasteiger partial charge in [-0.05, 0) is 49.3 Å². The summed E-state index contributed by atoms with van der Waals surface area (Å²) in [6.07, 6.45) is 8.91. The quantitative estimate of drug-likeness (QED) is 0.383. The summed E-state index contributed by atoms with van der Waals surface area (Å²) in [6, 6.07) is 10.7. The molecule has 0 radical (unpaired) electrons. The molecular formula is C27H38N4OS. The summed E-state index contributed by atoms with van der Waals surface area (Å²) in [5.74, 6) is 2.47. The standard InChI is InChI=1S/C27H38N4OS/c1-27(2,3)23-16-24(31(4)22-11-6-5-7-12-22)30-26(29-23)33-18-20-9-8-10-21(15-20)25(32)28-17-19-13-14-19/h8-10,15-16,19,22H,5-7,11-14,17-18H2,1-4H3,(H,28,32). The molecule has 1 aromatic carbocycles. The lowest BCUT2D eigenvalue weighted by atomic mass is 9.91. The highest BCUT2D eigenvalue weighted by atomic mass is 32.2. The summed E-state index contributed by atoms with van der Waals surface area (Å²) < 4.78 is 0. The molecule has 178 valence electrons. The van der Waals surface area contributed by atoms with Crippen molar-refractivity contribution in [3.05, 3.63) is 47.2 Å². The molecule has 0 saturated heterocycles. The fourth-order valence-corrected chi connectivity index (χ4v) is 5.11. The lowest BCUT2D eigenvalue weighted by molar-refractivity contribution is 0.0951. The fraction of sp³-hybridized carbons (Fsp3) is 0.593. The van der Waals surface area contributed by atoms with E-state index in [2.05, 4.69) is 50.2 Å². The van der Waals surface area contributed by atoms with E-state index in [4.69, 9.17) is 9.97 Å². The van der Waals surface area contributed by atoms with Crippen molar-refractivity contribution >= 4 is 23.5 Å². The summed E-state index contributed by atoms with van der Waals surface area (Å²) in [4.78, 5) is 24.7. The molecule has 1 aromatic heterocycles. The van der Waals surface area contributed by atoms with Crippen LogP contribution in [0.3, 0.4) is 0 Å². The second kappa shape index (κ2) is 10.5. The molecule has 0 spiro atoms. The molecule has 2 saturated carbocycles. The number of carbonyl (C=O) groups excluding carboxylic acids is 1. The summed E-state index contributed by atoms with van der Waals surface area (Å²) in [6.45, 7) is 7.41. The Morgan fingerprint density at radius 2 is 1.85 bits per heavy atom. The second-order valence-corrected chi connectivity index (χ2v) is 11.6. The van der Waals surface area contributed by atoms with Gasteiger partial charge >= 0.3 is 0 Å². The lowest BCUT2D eigenvalue weighted by Gasteiger charge is -2.33. The summed E-state index contributed by atoms with van der Waals surface area (Å²) in [5, 5.41) is 3.87. The molecule has 0 unspecified atom stereocenters. The Labute approximate surface area is 203 Å². The van der Waals surface area contributed by atoms with Crippen LogP contribution in [0.4, 0.5) is 5.82 Å². The second-order valence-electron chi connectivity index (χ2n) is 10.7. The van der Waals surface area contributed by atoms with E-state index in [1.54, 1.807) is 11.8 Å². The first-order valence-electron chi connectivity index (χ1n) is 12.4. The Bertz CT molecular complexity index is 961. The Morgan fingerprint density at radius 3 is 2.55 bits per heavy atom. The van der Waals surface area contributed by atoms with Crippen molar-refractivity contribution in [1.29, 1.82) is 0 Å². The number of thioether (sulfide) groups is 1. The van der Waals surface area contributed by atoms with Crippen molar-refractivity contribution in [2.24, 2.45) is 5.92 Å². The van der Waals surface area contributed by atoms with E-state index < -0.39 is 0 Å². The first-order chi connectivity index (χ1) is 15.8. The zero-order chi connectivity index (χ0) is 23.4. The Hall–Kier alpha value is -2.08. The third kappa shape index (κ3) is 6.72. The monoisotopic (exact) mass is 466 g/mol. The third-order valence-corrected chi connectivity index (χ3v) is 7.67. The van der Waals surface area contributed by atoms with Crippen LogP contribution in [0.25, 0.3) is 0 Å². The van der Waals surface area contributed by atoms with E-state index in [1.165, 1.54) is 44.9 Å². The zero-order valence-corrected chi connectivity index (χ0v) is 21.4. The van der Waals surface area contributed by atoms with Gasteiger partial charge in [-0.15, -0.1) is 0 Å². The van der Waals surface area contributed by atoms with Gasteiger partial charge in [-0.25, -0.2) is 9.97 Å². The topological polar surface area (TPSA) is 58.1 Å². The van der Waals surface area contributed by atoms with Crippen molar-refractivity contribution in [1.82, 2.24) is 15.3 Å². The first kappa shape index (κ1) is 24.1. The van der Waals surface area contributed by atoms with Crippen molar-refractivity contribution in [2.75, 3.05) is 18.5 Å². The predicted octanol–water partition coefficient (Wildman–Crippen LogP) is 5.98. The average molecular weight is 467 g/mol. The molecule has 2 aromatic rings. The highest BCUT2D eigenvalue weighted by Gasteiger charge is 2.24. The van der Waals surface area contributed by atoms with Gasteiger partial charge < -0.3 is 10.2 Å². The van der Waals surface area contributed by atoms with Gasteiger partial charge in [-0.2, -0.15) is 0 Å². The van der Waals surface area contributed by atoms with Gasteiger partial charge in [0.25, 0.3) is 5.91 Å². The van der Waals surface area contributed by atoms with Gasteiger partial charge in [0.1, 0.15) is 5.82 Å². The van der Waals surface area contributed by atoms with Crippen LogP contribution in [0.1, 0.15) is 87.3 Å². The van der Waals surface area contributed by atoms with Gasteiger partial charge in [-0.3, -0.25) is 4.79 Å². The highest BCUT2D eigenvalue weighted by Crippen LogP contribution is 2.31. The number of benzene rings is 1. The Kier molecular flexibility index (Phi) is 7.62. The van der Waals surface area contributed by atoms with Crippen LogP contribution in [0.15, 0.2) is 35.5 Å². The maximum absolute atomic E-state index is 12.5. The van der Waals surface area contributed by atoms with Crippen LogP contribution >= 0.6 is 11.8 Å². The van der Waals surface area contributed by atoms with Crippen molar-refractivity contribution in [3.63, 3.8) is 0 Å².